The average Bonchev–Trinajstić information content (AvgIpc) is 2.23. The number of benzene rings is 1. The van der Waals surface area contributed by atoms with Crippen LogP contribution in [-0.4, -0.2) is 11.1 Å². The molecule has 0 atom stereocenters. The number of halogens is 2. The molecule has 1 N–H and O–H groups in total. The number of carbonyl (C=O) groups is 1. The Labute approximate surface area is 90.2 Å². The summed E-state index contributed by atoms with van der Waals surface area (Å²) in [6.07, 6.45) is 2.71. The molecule has 1 aromatic rings. The third-order valence-corrected chi connectivity index (χ3v) is 1.83. The Morgan fingerprint density at radius 2 is 2.06 bits per heavy atom. The van der Waals surface area contributed by atoms with Gasteiger partial charge in [-0.15, -0.1) is 0 Å². The van der Waals surface area contributed by atoms with Gasteiger partial charge in [-0.3, -0.25) is 0 Å². The van der Waals surface area contributed by atoms with Crippen LogP contribution < -0.4 is 0 Å². The Hall–Kier alpha value is -2.22. The number of carboxylic acids is 1. The number of allylic oxidation sites excluding steroid dienone is 1. The molecule has 0 bridgehead atoms. The molecule has 0 radical (unpaired) electrons. The summed E-state index contributed by atoms with van der Waals surface area (Å²) < 4.78 is 25.7. The highest BCUT2D eigenvalue weighted by Crippen LogP contribution is 2.16. The number of carboxylic acid groups (broad SMARTS) is 1. The Kier molecular flexibility index (Phi) is 3.72. The van der Waals surface area contributed by atoms with Crippen LogP contribution in [0.4, 0.5) is 8.78 Å². The SMILES string of the molecule is N#CCC=Cc1cc(F)c(F)cc1C(=O)O. The summed E-state index contributed by atoms with van der Waals surface area (Å²) in [5, 5.41) is 17.0. The molecule has 1 rings (SSSR count). The van der Waals surface area contributed by atoms with E-state index in [1.54, 1.807) is 0 Å². The van der Waals surface area contributed by atoms with E-state index in [0.29, 0.717) is 6.07 Å². The first-order chi connectivity index (χ1) is 7.56. The van der Waals surface area contributed by atoms with E-state index in [4.69, 9.17) is 10.4 Å². The Balaban J connectivity index is 3.21. The van der Waals surface area contributed by atoms with E-state index in [9.17, 15) is 13.6 Å². The summed E-state index contributed by atoms with van der Waals surface area (Å²) in [6, 6.07) is 3.21. The first kappa shape index (κ1) is 11.9. The van der Waals surface area contributed by atoms with Crippen molar-refractivity contribution in [3.63, 3.8) is 0 Å². The second-order valence-electron chi connectivity index (χ2n) is 2.92. The number of hydrogen-bond acceptors (Lipinski definition) is 2. The minimum Gasteiger partial charge on any atom is -0.478 e. The summed E-state index contributed by atoms with van der Waals surface area (Å²) in [7, 11) is 0. The predicted octanol–water partition coefficient (Wildman–Crippen LogP) is 2.59. The van der Waals surface area contributed by atoms with Gasteiger partial charge in [-0.1, -0.05) is 12.2 Å². The minimum absolute atomic E-state index is 0.0293. The third kappa shape index (κ3) is 2.64. The molecule has 16 heavy (non-hydrogen) atoms. The molecule has 0 unspecified atom stereocenters. The molecule has 0 aliphatic carbocycles. The maximum absolute atomic E-state index is 12.9. The van der Waals surface area contributed by atoms with Crippen LogP contribution >= 0.6 is 0 Å². The van der Waals surface area contributed by atoms with Gasteiger partial charge in [0.25, 0.3) is 0 Å². The Bertz CT molecular complexity index is 489. The monoisotopic (exact) mass is 223 g/mol. The van der Waals surface area contributed by atoms with E-state index in [1.807, 2.05) is 6.07 Å². The van der Waals surface area contributed by atoms with Gasteiger partial charge in [-0.2, -0.15) is 5.26 Å². The maximum Gasteiger partial charge on any atom is 0.336 e. The van der Waals surface area contributed by atoms with Crippen LogP contribution in [0, 0.1) is 23.0 Å². The predicted molar refractivity (Wildman–Crippen MR) is 52.6 cm³/mol. The van der Waals surface area contributed by atoms with E-state index in [0.717, 1.165) is 6.07 Å². The molecule has 0 amide bonds. The van der Waals surface area contributed by atoms with Crippen molar-refractivity contribution in [3.05, 3.63) is 41.0 Å². The van der Waals surface area contributed by atoms with Crippen LogP contribution in [-0.2, 0) is 0 Å². The van der Waals surface area contributed by atoms with E-state index in [1.165, 1.54) is 12.2 Å². The molecule has 0 aliphatic heterocycles. The number of rotatable bonds is 3. The van der Waals surface area contributed by atoms with Crippen LogP contribution in [0.1, 0.15) is 22.3 Å². The topological polar surface area (TPSA) is 61.1 Å². The molecule has 0 saturated carbocycles. The van der Waals surface area contributed by atoms with Gasteiger partial charge in [0.15, 0.2) is 11.6 Å². The number of hydrogen-bond donors (Lipinski definition) is 1. The van der Waals surface area contributed by atoms with Crippen LogP contribution in [0.15, 0.2) is 18.2 Å². The van der Waals surface area contributed by atoms with E-state index < -0.39 is 17.6 Å². The molecular formula is C11H7F2NO2. The van der Waals surface area contributed by atoms with Crippen LogP contribution in [0.25, 0.3) is 6.08 Å². The maximum atomic E-state index is 12.9. The normalized spacial score (nSPS) is 10.3. The number of nitrogens with zero attached hydrogens (tertiary/aromatic N) is 1. The van der Waals surface area contributed by atoms with Gasteiger partial charge in [0, 0.05) is 0 Å². The molecule has 0 saturated heterocycles. The zero-order chi connectivity index (χ0) is 12.1. The fraction of sp³-hybridized carbons (Fsp3) is 0.0909. The standard InChI is InChI=1S/C11H7F2NO2/c12-9-5-7(3-1-2-4-14)8(11(15)16)6-10(9)13/h1,3,5-6H,2H2,(H,15,16). The second kappa shape index (κ2) is 5.03. The van der Waals surface area contributed by atoms with Gasteiger partial charge < -0.3 is 5.11 Å². The summed E-state index contributed by atoms with van der Waals surface area (Å²) in [5.74, 6) is -3.69. The van der Waals surface area contributed by atoms with Crippen molar-refractivity contribution in [2.75, 3.05) is 0 Å². The first-order valence-corrected chi connectivity index (χ1v) is 4.32. The van der Waals surface area contributed by atoms with Crippen LogP contribution in [0.5, 0.6) is 0 Å². The van der Waals surface area contributed by atoms with E-state index in [2.05, 4.69) is 0 Å². The smallest absolute Gasteiger partial charge is 0.336 e. The molecule has 0 aliphatic rings. The Morgan fingerprint density at radius 3 is 2.62 bits per heavy atom. The minimum atomic E-state index is -1.35. The summed E-state index contributed by atoms with van der Waals surface area (Å²) in [5.41, 5.74) is -0.310. The van der Waals surface area contributed by atoms with Gasteiger partial charge in [-0.05, 0) is 17.7 Å². The first-order valence-electron chi connectivity index (χ1n) is 4.32. The number of aromatic carboxylic acids is 1. The lowest BCUT2D eigenvalue weighted by Gasteiger charge is -2.02. The fourth-order valence-corrected chi connectivity index (χ4v) is 1.12. The van der Waals surface area contributed by atoms with Gasteiger partial charge in [0.2, 0.25) is 0 Å². The van der Waals surface area contributed by atoms with Gasteiger partial charge in [-0.25, -0.2) is 13.6 Å². The van der Waals surface area contributed by atoms with Crippen LogP contribution in [0.2, 0.25) is 0 Å². The summed E-state index contributed by atoms with van der Waals surface area (Å²) >= 11 is 0. The molecule has 0 aromatic heterocycles. The number of nitriles is 1. The Morgan fingerprint density at radius 1 is 1.44 bits per heavy atom. The van der Waals surface area contributed by atoms with Gasteiger partial charge >= 0.3 is 5.97 Å². The van der Waals surface area contributed by atoms with Crippen molar-refractivity contribution < 1.29 is 18.7 Å². The van der Waals surface area contributed by atoms with Crippen molar-refractivity contribution >= 4 is 12.0 Å². The van der Waals surface area contributed by atoms with Crippen LogP contribution in [0.3, 0.4) is 0 Å². The van der Waals surface area contributed by atoms with E-state index in [-0.39, 0.29) is 17.5 Å². The van der Waals surface area contributed by atoms with Crippen molar-refractivity contribution in [2.24, 2.45) is 0 Å². The van der Waals surface area contributed by atoms with Gasteiger partial charge in [0.05, 0.1) is 18.1 Å². The molecule has 0 spiro atoms. The molecule has 0 heterocycles. The molecule has 0 fully saturated rings. The zero-order valence-corrected chi connectivity index (χ0v) is 8.08. The highest BCUT2D eigenvalue weighted by Gasteiger charge is 2.13. The van der Waals surface area contributed by atoms with E-state index >= 15 is 0 Å². The summed E-state index contributed by atoms with van der Waals surface area (Å²) in [4.78, 5) is 10.7. The van der Waals surface area contributed by atoms with Crippen molar-refractivity contribution in [1.82, 2.24) is 0 Å². The highest BCUT2D eigenvalue weighted by molar-refractivity contribution is 5.92. The second-order valence-corrected chi connectivity index (χ2v) is 2.92. The van der Waals surface area contributed by atoms with Gasteiger partial charge in [0.1, 0.15) is 0 Å². The lowest BCUT2D eigenvalue weighted by atomic mass is 10.1. The lowest BCUT2D eigenvalue weighted by molar-refractivity contribution is 0.0696. The molecule has 1 aromatic carbocycles. The van der Waals surface area contributed by atoms with Crippen molar-refractivity contribution in [2.45, 2.75) is 6.42 Å². The van der Waals surface area contributed by atoms with Crippen molar-refractivity contribution in [1.29, 1.82) is 5.26 Å². The molecular weight excluding hydrogens is 216 g/mol. The molecule has 82 valence electrons. The lowest BCUT2D eigenvalue weighted by Crippen LogP contribution is -2.02. The van der Waals surface area contributed by atoms with Crippen molar-refractivity contribution in [3.8, 4) is 6.07 Å². The summed E-state index contributed by atoms with van der Waals surface area (Å²) in [6.45, 7) is 0. The zero-order valence-electron chi connectivity index (χ0n) is 8.08. The highest BCUT2D eigenvalue weighted by atomic mass is 19.2. The third-order valence-electron chi connectivity index (χ3n) is 1.83. The molecule has 5 heteroatoms. The largest absolute Gasteiger partial charge is 0.478 e. The fourth-order valence-electron chi connectivity index (χ4n) is 1.12. The molecule has 3 nitrogen and oxygen atoms in total. The quantitative estimate of drug-likeness (QED) is 0.856. The average molecular weight is 223 g/mol.